The number of hydrogen-bond donors (Lipinski definition) is 0. The van der Waals surface area contributed by atoms with Crippen molar-refractivity contribution in [2.24, 2.45) is 0 Å². The van der Waals surface area contributed by atoms with Gasteiger partial charge in [0.15, 0.2) is 5.16 Å². The first-order chi connectivity index (χ1) is 18.0. The number of rotatable bonds is 6. The molecule has 5 rings (SSSR count). The highest BCUT2D eigenvalue weighted by molar-refractivity contribution is 7.99. The van der Waals surface area contributed by atoms with Crippen LogP contribution in [0.1, 0.15) is 0 Å². The van der Waals surface area contributed by atoms with E-state index in [0.29, 0.717) is 42.2 Å². The Kier molecular flexibility index (Phi) is 8.22. The smallest absolute Gasteiger partial charge is 0.233 e. The number of hydrogen-bond acceptors (Lipinski definition) is 7. The molecular weight excluding hydrogens is 534 g/mol. The maximum absolute atomic E-state index is 14.1. The van der Waals surface area contributed by atoms with Crippen molar-refractivity contribution in [3.8, 4) is 0 Å². The maximum Gasteiger partial charge on any atom is 0.233 e. The van der Waals surface area contributed by atoms with Gasteiger partial charge >= 0.3 is 0 Å². The van der Waals surface area contributed by atoms with E-state index in [-0.39, 0.29) is 17.5 Å². The zero-order valence-electron chi connectivity index (χ0n) is 20.2. The van der Waals surface area contributed by atoms with E-state index in [4.69, 9.17) is 23.2 Å². The van der Waals surface area contributed by atoms with Crippen LogP contribution in [0, 0.1) is 5.82 Å². The lowest BCUT2D eigenvalue weighted by molar-refractivity contribution is -0.128. The molecule has 3 aromatic rings. The van der Waals surface area contributed by atoms with E-state index in [0.717, 1.165) is 42.7 Å². The summed E-state index contributed by atoms with van der Waals surface area (Å²) in [4.78, 5) is 30.1. The van der Waals surface area contributed by atoms with Gasteiger partial charge in [0.05, 0.1) is 22.2 Å². The van der Waals surface area contributed by atoms with Gasteiger partial charge in [0.1, 0.15) is 16.8 Å². The standard InChI is InChI=1S/C26H27Cl2FN6OS/c27-19-5-1-3-7-21(19)32-9-13-34(14-10-32)24-17-23(28)30-26(31-24)37-18-25(36)35-15-11-33(12-16-35)22-8-4-2-6-20(22)29/h1-8,17H,9-16,18H2. The summed E-state index contributed by atoms with van der Waals surface area (Å²) in [5, 5.41) is 1.58. The molecule has 2 aliphatic heterocycles. The minimum atomic E-state index is -0.239. The summed E-state index contributed by atoms with van der Waals surface area (Å²) in [7, 11) is 0. The van der Waals surface area contributed by atoms with Gasteiger partial charge in [-0.25, -0.2) is 14.4 Å². The van der Waals surface area contributed by atoms with Crippen LogP contribution in [0.25, 0.3) is 0 Å². The van der Waals surface area contributed by atoms with Crippen LogP contribution in [0.4, 0.5) is 21.6 Å². The van der Waals surface area contributed by atoms with E-state index in [2.05, 4.69) is 19.8 Å². The van der Waals surface area contributed by atoms with Crippen molar-refractivity contribution < 1.29 is 9.18 Å². The number of halogens is 3. The Hall–Kier alpha value is -2.75. The number of thioether (sulfide) groups is 1. The Balaban J connectivity index is 1.14. The van der Waals surface area contributed by atoms with Gasteiger partial charge < -0.3 is 19.6 Å². The van der Waals surface area contributed by atoms with E-state index in [1.54, 1.807) is 18.2 Å². The first-order valence-corrected chi connectivity index (χ1v) is 13.9. The van der Waals surface area contributed by atoms with Crippen molar-refractivity contribution in [1.82, 2.24) is 14.9 Å². The molecule has 0 aliphatic carbocycles. The molecular formula is C26H27Cl2FN6OS. The van der Waals surface area contributed by atoms with Crippen LogP contribution >= 0.6 is 35.0 Å². The normalized spacial score (nSPS) is 16.3. The lowest BCUT2D eigenvalue weighted by atomic mass is 10.2. The Bertz CT molecular complexity index is 1250. The predicted octanol–water partition coefficient (Wildman–Crippen LogP) is 4.69. The average molecular weight is 562 g/mol. The number of nitrogens with zero attached hydrogens (tertiary/aromatic N) is 6. The molecule has 0 saturated carbocycles. The van der Waals surface area contributed by atoms with Crippen molar-refractivity contribution >= 4 is 58.1 Å². The Morgan fingerprint density at radius 2 is 1.41 bits per heavy atom. The number of benzene rings is 2. The highest BCUT2D eigenvalue weighted by Crippen LogP contribution is 2.28. The summed E-state index contributed by atoms with van der Waals surface area (Å²) in [5.74, 6) is 0.751. The van der Waals surface area contributed by atoms with Crippen molar-refractivity contribution in [3.63, 3.8) is 0 Å². The Morgan fingerprint density at radius 1 is 0.811 bits per heavy atom. The van der Waals surface area contributed by atoms with Crippen LogP contribution in [-0.4, -0.2) is 78.9 Å². The third-order valence-corrected chi connectivity index (χ3v) is 7.95. The molecule has 0 atom stereocenters. The van der Waals surface area contributed by atoms with Crippen LogP contribution in [0.3, 0.4) is 0 Å². The van der Waals surface area contributed by atoms with Gasteiger partial charge in [-0.3, -0.25) is 4.79 Å². The van der Waals surface area contributed by atoms with Crippen molar-refractivity contribution in [3.05, 3.63) is 70.6 Å². The van der Waals surface area contributed by atoms with Gasteiger partial charge in [-0.2, -0.15) is 0 Å². The molecule has 1 amide bonds. The minimum absolute atomic E-state index is 0.0108. The minimum Gasteiger partial charge on any atom is -0.367 e. The largest absolute Gasteiger partial charge is 0.367 e. The maximum atomic E-state index is 14.1. The van der Waals surface area contributed by atoms with Gasteiger partial charge in [-0.15, -0.1) is 0 Å². The molecule has 7 nitrogen and oxygen atoms in total. The highest BCUT2D eigenvalue weighted by atomic mass is 35.5. The molecule has 0 spiro atoms. The molecule has 3 heterocycles. The number of aromatic nitrogens is 2. The van der Waals surface area contributed by atoms with Crippen LogP contribution in [0.15, 0.2) is 59.8 Å². The number of amides is 1. The first-order valence-electron chi connectivity index (χ1n) is 12.2. The molecule has 1 aromatic heterocycles. The second kappa shape index (κ2) is 11.8. The third kappa shape index (κ3) is 6.22. The topological polar surface area (TPSA) is 55.8 Å². The fourth-order valence-corrected chi connectivity index (χ4v) is 5.86. The SMILES string of the molecule is O=C(CSc1nc(Cl)cc(N2CCN(c3ccccc3Cl)CC2)n1)N1CCN(c2ccccc2F)CC1. The number of anilines is 3. The third-order valence-electron chi connectivity index (χ3n) is 6.61. The molecule has 37 heavy (non-hydrogen) atoms. The van der Waals surface area contributed by atoms with Crippen LogP contribution in [0.2, 0.25) is 10.2 Å². The van der Waals surface area contributed by atoms with Crippen LogP contribution in [0.5, 0.6) is 0 Å². The summed E-state index contributed by atoms with van der Waals surface area (Å²) in [6.07, 6.45) is 0. The number of carbonyl (C=O) groups excluding carboxylic acids is 1. The predicted molar refractivity (Wildman–Crippen MR) is 149 cm³/mol. The van der Waals surface area contributed by atoms with E-state index in [1.165, 1.54) is 17.8 Å². The van der Waals surface area contributed by atoms with E-state index in [1.807, 2.05) is 40.1 Å². The molecule has 2 aliphatic rings. The van der Waals surface area contributed by atoms with Crippen LogP contribution in [-0.2, 0) is 4.79 Å². The van der Waals surface area contributed by atoms with Gasteiger partial charge in [0.2, 0.25) is 5.91 Å². The molecule has 0 unspecified atom stereocenters. The molecule has 194 valence electrons. The van der Waals surface area contributed by atoms with E-state index in [9.17, 15) is 9.18 Å². The van der Waals surface area contributed by atoms with Gasteiger partial charge in [0.25, 0.3) is 0 Å². The quantitative estimate of drug-likeness (QED) is 0.246. The second-order valence-electron chi connectivity index (χ2n) is 8.86. The molecule has 2 fully saturated rings. The first kappa shape index (κ1) is 25.9. The van der Waals surface area contributed by atoms with Crippen molar-refractivity contribution in [1.29, 1.82) is 0 Å². The van der Waals surface area contributed by atoms with E-state index >= 15 is 0 Å². The molecule has 2 aromatic carbocycles. The number of piperazine rings is 2. The number of carbonyl (C=O) groups is 1. The summed E-state index contributed by atoms with van der Waals surface area (Å²) >= 11 is 14.0. The number of para-hydroxylation sites is 2. The molecule has 0 bridgehead atoms. The summed E-state index contributed by atoms with van der Waals surface area (Å²) < 4.78 is 14.1. The van der Waals surface area contributed by atoms with E-state index < -0.39 is 0 Å². The van der Waals surface area contributed by atoms with Gasteiger partial charge in [0, 0.05) is 58.4 Å². The fraction of sp³-hybridized carbons (Fsp3) is 0.346. The fourth-order valence-electron chi connectivity index (χ4n) is 4.62. The molecule has 2 saturated heterocycles. The lowest BCUT2D eigenvalue weighted by Gasteiger charge is -2.37. The van der Waals surface area contributed by atoms with Crippen molar-refractivity contribution in [2.75, 3.05) is 72.8 Å². The van der Waals surface area contributed by atoms with Crippen LogP contribution < -0.4 is 14.7 Å². The summed E-state index contributed by atoms with van der Waals surface area (Å²) in [6, 6.07) is 16.4. The molecule has 11 heteroatoms. The second-order valence-corrected chi connectivity index (χ2v) is 10.6. The lowest BCUT2D eigenvalue weighted by Crippen LogP contribution is -2.49. The van der Waals surface area contributed by atoms with Gasteiger partial charge in [-0.05, 0) is 24.3 Å². The Labute approximate surface area is 230 Å². The molecule has 0 N–H and O–H groups in total. The average Bonchev–Trinajstić information content (AvgIpc) is 2.92. The van der Waals surface area contributed by atoms with Gasteiger partial charge in [-0.1, -0.05) is 59.2 Å². The zero-order chi connectivity index (χ0) is 25.8. The highest BCUT2D eigenvalue weighted by Gasteiger charge is 2.24. The summed E-state index contributed by atoms with van der Waals surface area (Å²) in [5.41, 5.74) is 1.62. The monoisotopic (exact) mass is 560 g/mol. The Morgan fingerprint density at radius 3 is 2.11 bits per heavy atom. The van der Waals surface area contributed by atoms with Crippen molar-refractivity contribution in [2.45, 2.75) is 5.16 Å². The zero-order valence-corrected chi connectivity index (χ0v) is 22.5. The molecule has 0 radical (unpaired) electrons. The summed E-state index contributed by atoms with van der Waals surface area (Å²) in [6.45, 7) is 5.44.